The number of carbonyl (C=O) groups excluding carboxylic acids is 1. The van der Waals surface area contributed by atoms with Gasteiger partial charge in [-0.05, 0) is 12.3 Å². The van der Waals surface area contributed by atoms with Crippen LogP contribution in [0.3, 0.4) is 0 Å². The minimum atomic E-state index is -2.74. The van der Waals surface area contributed by atoms with Gasteiger partial charge in [-0.3, -0.25) is 4.79 Å². The Balaban J connectivity index is 2.15. The van der Waals surface area contributed by atoms with Crippen LogP contribution >= 0.6 is 0 Å². The molecule has 4 nitrogen and oxygen atoms in total. The van der Waals surface area contributed by atoms with E-state index in [1.165, 1.54) is 4.90 Å². The molecule has 1 aliphatic carbocycles. The monoisotopic (exact) mass is 271 g/mol. The van der Waals surface area contributed by atoms with Crippen molar-refractivity contribution in [3.63, 3.8) is 0 Å². The van der Waals surface area contributed by atoms with Crippen LogP contribution in [0.15, 0.2) is 0 Å². The van der Waals surface area contributed by atoms with Crippen molar-refractivity contribution in [2.75, 3.05) is 0 Å². The van der Waals surface area contributed by atoms with Gasteiger partial charge in [-0.15, -0.1) is 0 Å². The van der Waals surface area contributed by atoms with E-state index < -0.39 is 30.0 Å². The van der Waals surface area contributed by atoms with Gasteiger partial charge in [-0.2, -0.15) is 5.26 Å². The molecule has 0 aromatic rings. The highest BCUT2D eigenvalue weighted by Gasteiger charge is 2.64. The van der Waals surface area contributed by atoms with Crippen molar-refractivity contribution < 1.29 is 13.6 Å². The number of carbonyl (C=O) groups is 1. The largest absolute Gasteiger partial charge is 0.322 e. The lowest BCUT2D eigenvalue weighted by atomic mass is 9.75. The molecular formula is C13H19F2N3O. The van der Waals surface area contributed by atoms with E-state index in [9.17, 15) is 13.6 Å². The standard InChI is InChI=1S/C13H19F2N3O/c1-3-7(2)11(17)12(19)18-8(6-16)4-9-10(18)5-13(9,14)15/h7-11H,3-5,17H2,1-2H3/t7?,8?,9-,10-,11?/m0/s1. The fourth-order valence-corrected chi connectivity index (χ4v) is 3.00. The minimum Gasteiger partial charge on any atom is -0.322 e. The van der Waals surface area contributed by atoms with Gasteiger partial charge in [0.25, 0.3) is 5.92 Å². The summed E-state index contributed by atoms with van der Waals surface area (Å²) in [6.07, 6.45) is 0.462. The molecule has 2 N–H and O–H groups in total. The summed E-state index contributed by atoms with van der Waals surface area (Å²) < 4.78 is 26.8. The number of likely N-dealkylation sites (tertiary alicyclic amines) is 1. The Morgan fingerprint density at radius 3 is 2.74 bits per heavy atom. The van der Waals surface area contributed by atoms with Crippen LogP contribution in [0.25, 0.3) is 0 Å². The van der Waals surface area contributed by atoms with Crippen molar-refractivity contribution in [3.05, 3.63) is 0 Å². The summed E-state index contributed by atoms with van der Waals surface area (Å²) in [6, 6.07) is -0.0227. The lowest BCUT2D eigenvalue weighted by Gasteiger charge is -2.43. The Bertz CT molecular complexity index is 421. The topological polar surface area (TPSA) is 70.1 Å². The van der Waals surface area contributed by atoms with Gasteiger partial charge < -0.3 is 10.6 Å². The Morgan fingerprint density at radius 1 is 1.63 bits per heavy atom. The maximum atomic E-state index is 13.4. The molecule has 0 bridgehead atoms. The van der Waals surface area contributed by atoms with E-state index in [-0.39, 0.29) is 24.7 Å². The summed E-state index contributed by atoms with van der Waals surface area (Å²) in [4.78, 5) is 13.6. The first-order chi connectivity index (χ1) is 8.83. The van der Waals surface area contributed by atoms with Gasteiger partial charge in [0.05, 0.1) is 12.1 Å². The van der Waals surface area contributed by atoms with Crippen LogP contribution < -0.4 is 5.73 Å². The molecule has 19 heavy (non-hydrogen) atoms. The van der Waals surface area contributed by atoms with Crippen molar-refractivity contribution in [1.29, 1.82) is 5.26 Å². The Morgan fingerprint density at radius 2 is 2.26 bits per heavy atom. The molecular weight excluding hydrogens is 252 g/mol. The van der Waals surface area contributed by atoms with Gasteiger partial charge >= 0.3 is 0 Å². The summed E-state index contributed by atoms with van der Waals surface area (Å²) in [6.45, 7) is 3.77. The number of alkyl halides is 2. The van der Waals surface area contributed by atoms with E-state index in [0.717, 1.165) is 6.42 Å². The lowest BCUT2D eigenvalue weighted by molar-refractivity contribution is -0.167. The molecule has 6 heteroatoms. The highest BCUT2D eigenvalue weighted by molar-refractivity contribution is 5.83. The van der Waals surface area contributed by atoms with E-state index in [4.69, 9.17) is 11.0 Å². The van der Waals surface area contributed by atoms with Gasteiger partial charge in [0, 0.05) is 18.4 Å². The molecule has 106 valence electrons. The van der Waals surface area contributed by atoms with Crippen LogP contribution in [-0.2, 0) is 4.79 Å². The second kappa shape index (κ2) is 4.71. The van der Waals surface area contributed by atoms with Gasteiger partial charge in [0.1, 0.15) is 6.04 Å². The van der Waals surface area contributed by atoms with Crippen molar-refractivity contribution in [2.24, 2.45) is 17.6 Å². The second-order valence-corrected chi connectivity index (χ2v) is 5.68. The molecule has 2 fully saturated rings. The van der Waals surface area contributed by atoms with Gasteiger partial charge in [0.2, 0.25) is 5.91 Å². The molecule has 2 rings (SSSR count). The average molecular weight is 271 g/mol. The Labute approximate surface area is 111 Å². The molecule has 0 aromatic carbocycles. The van der Waals surface area contributed by atoms with Gasteiger partial charge in [0.15, 0.2) is 0 Å². The average Bonchev–Trinajstić information content (AvgIpc) is 2.70. The van der Waals surface area contributed by atoms with E-state index in [1.807, 2.05) is 19.9 Å². The van der Waals surface area contributed by atoms with Crippen LogP contribution in [0, 0.1) is 23.2 Å². The Kier molecular flexibility index (Phi) is 3.52. The number of nitrogens with two attached hydrogens (primary N) is 1. The quantitative estimate of drug-likeness (QED) is 0.845. The minimum absolute atomic E-state index is 0.0218. The molecule has 1 aliphatic heterocycles. The third-order valence-corrected chi connectivity index (χ3v) is 4.60. The lowest BCUT2D eigenvalue weighted by Crippen LogP contribution is -2.59. The van der Waals surface area contributed by atoms with E-state index in [2.05, 4.69) is 0 Å². The van der Waals surface area contributed by atoms with Gasteiger partial charge in [-0.25, -0.2) is 8.78 Å². The molecule has 1 saturated heterocycles. The summed E-state index contributed by atoms with van der Waals surface area (Å²) in [7, 11) is 0. The van der Waals surface area contributed by atoms with Crippen LogP contribution in [0.1, 0.15) is 33.1 Å². The van der Waals surface area contributed by atoms with E-state index in [0.29, 0.717) is 0 Å². The number of fused-ring (bicyclic) bond motifs is 1. The first-order valence-corrected chi connectivity index (χ1v) is 6.68. The zero-order valence-corrected chi connectivity index (χ0v) is 11.1. The smallest absolute Gasteiger partial charge is 0.254 e. The van der Waals surface area contributed by atoms with Crippen molar-refractivity contribution in [1.82, 2.24) is 4.90 Å². The van der Waals surface area contributed by atoms with Crippen LogP contribution in [0.2, 0.25) is 0 Å². The van der Waals surface area contributed by atoms with E-state index in [1.54, 1.807) is 0 Å². The summed E-state index contributed by atoms with van der Waals surface area (Å²) in [5.74, 6) is -3.99. The van der Waals surface area contributed by atoms with Crippen LogP contribution in [0.4, 0.5) is 8.78 Å². The molecule has 0 aromatic heterocycles. The second-order valence-electron chi connectivity index (χ2n) is 5.68. The fraction of sp³-hybridized carbons (Fsp3) is 0.846. The number of rotatable bonds is 3. The van der Waals surface area contributed by atoms with Gasteiger partial charge in [-0.1, -0.05) is 20.3 Å². The van der Waals surface area contributed by atoms with Crippen molar-refractivity contribution >= 4 is 5.91 Å². The predicted octanol–water partition coefficient (Wildman–Crippen LogP) is 1.51. The summed E-state index contributed by atoms with van der Waals surface area (Å²) in [5, 5.41) is 9.07. The third kappa shape index (κ3) is 2.10. The van der Waals surface area contributed by atoms with Crippen LogP contribution in [0.5, 0.6) is 0 Å². The number of halogens is 2. The normalized spacial score (nSPS) is 34.9. The number of hydrogen-bond donors (Lipinski definition) is 1. The SMILES string of the molecule is CCC(C)C(N)C(=O)N1C(C#N)C[C@H]2[C@@H]1CC2(F)F. The zero-order valence-electron chi connectivity index (χ0n) is 11.1. The highest BCUT2D eigenvalue weighted by atomic mass is 19.3. The van der Waals surface area contributed by atoms with Crippen molar-refractivity contribution in [2.45, 2.75) is 57.2 Å². The molecule has 5 atom stereocenters. The first kappa shape index (κ1) is 14.2. The maximum absolute atomic E-state index is 13.4. The van der Waals surface area contributed by atoms with Crippen molar-refractivity contribution in [3.8, 4) is 6.07 Å². The molecule has 3 unspecified atom stereocenters. The summed E-state index contributed by atoms with van der Waals surface area (Å²) in [5.41, 5.74) is 5.88. The highest BCUT2D eigenvalue weighted by Crippen LogP contribution is 2.53. The molecule has 1 amide bonds. The number of hydrogen-bond acceptors (Lipinski definition) is 3. The summed E-state index contributed by atoms with van der Waals surface area (Å²) >= 11 is 0. The molecule has 0 radical (unpaired) electrons. The Hall–Kier alpha value is -1.22. The maximum Gasteiger partial charge on any atom is 0.254 e. The van der Waals surface area contributed by atoms with Crippen LogP contribution in [-0.4, -0.2) is 34.9 Å². The number of nitrogens with zero attached hydrogens (tertiary/aromatic N) is 2. The zero-order chi connectivity index (χ0) is 14.4. The van der Waals surface area contributed by atoms with E-state index >= 15 is 0 Å². The fourth-order valence-electron chi connectivity index (χ4n) is 3.00. The molecule has 1 heterocycles. The molecule has 1 saturated carbocycles. The number of nitriles is 1. The number of amides is 1. The predicted molar refractivity (Wildman–Crippen MR) is 65.1 cm³/mol. The molecule has 0 spiro atoms. The first-order valence-electron chi connectivity index (χ1n) is 6.68. The molecule has 2 aliphatic rings. The third-order valence-electron chi connectivity index (χ3n) is 4.60.